The van der Waals surface area contributed by atoms with E-state index in [0.717, 1.165) is 28.6 Å². The number of methoxy groups -OCH3 is 2. The van der Waals surface area contributed by atoms with Gasteiger partial charge in [0.15, 0.2) is 0 Å². The van der Waals surface area contributed by atoms with Gasteiger partial charge in [-0.3, -0.25) is 0 Å². The number of sulfonamides is 1. The molecular formula is C33H35ClF4N6O4S. The summed E-state index contributed by atoms with van der Waals surface area (Å²) < 4.78 is 95.9. The summed E-state index contributed by atoms with van der Waals surface area (Å²) in [5, 5.41) is 3.22. The summed E-state index contributed by atoms with van der Waals surface area (Å²) in [6.07, 6.45) is -1.45. The summed E-state index contributed by atoms with van der Waals surface area (Å²) >= 11 is 6.63. The molecule has 2 atom stereocenters. The van der Waals surface area contributed by atoms with Crippen molar-refractivity contribution < 1.29 is 35.5 Å². The molecule has 3 aromatic carbocycles. The Morgan fingerprint density at radius 2 is 1.84 bits per heavy atom. The van der Waals surface area contributed by atoms with Gasteiger partial charge in [0.1, 0.15) is 34.4 Å². The smallest absolute Gasteiger partial charge is 0.416 e. The molecule has 49 heavy (non-hydrogen) atoms. The lowest BCUT2D eigenvalue weighted by molar-refractivity contribution is -0.137. The Morgan fingerprint density at radius 3 is 2.49 bits per heavy atom. The number of nitrogens with zero attached hydrogens (tertiary/aromatic N) is 5. The minimum atomic E-state index is -4.60. The van der Waals surface area contributed by atoms with Gasteiger partial charge >= 0.3 is 6.18 Å². The van der Waals surface area contributed by atoms with Crippen molar-refractivity contribution in [3.8, 4) is 11.5 Å². The first-order valence-corrected chi connectivity index (χ1v) is 16.9. The second kappa shape index (κ2) is 14.6. The van der Waals surface area contributed by atoms with E-state index in [1.165, 1.54) is 38.9 Å². The molecule has 2 heterocycles. The quantitative estimate of drug-likeness (QED) is 0.178. The van der Waals surface area contributed by atoms with E-state index < -0.39 is 32.5 Å². The van der Waals surface area contributed by atoms with E-state index in [9.17, 15) is 21.6 Å². The number of ether oxygens (including phenoxy) is 2. The predicted octanol–water partition coefficient (Wildman–Crippen LogP) is 6.32. The fourth-order valence-corrected chi connectivity index (χ4v) is 7.51. The number of benzene rings is 3. The molecule has 1 saturated heterocycles. The van der Waals surface area contributed by atoms with Crippen molar-refractivity contribution in [2.45, 2.75) is 36.1 Å². The molecule has 5 rings (SSSR count). The first-order chi connectivity index (χ1) is 23.2. The highest BCUT2D eigenvalue weighted by atomic mass is 35.5. The van der Waals surface area contributed by atoms with Crippen LogP contribution in [0, 0.1) is 5.82 Å². The van der Waals surface area contributed by atoms with E-state index in [-0.39, 0.29) is 35.2 Å². The highest BCUT2D eigenvalue weighted by molar-refractivity contribution is 7.92. The number of rotatable bonds is 11. The van der Waals surface area contributed by atoms with Crippen LogP contribution < -0.4 is 24.0 Å². The molecule has 1 aromatic heterocycles. The average Bonchev–Trinajstić information content (AvgIpc) is 3.08. The highest BCUT2D eigenvalue weighted by Crippen LogP contribution is 2.36. The van der Waals surface area contributed by atoms with Gasteiger partial charge in [0.2, 0.25) is 0 Å². The molecule has 1 aliphatic rings. The Morgan fingerprint density at radius 1 is 1.06 bits per heavy atom. The van der Waals surface area contributed by atoms with Crippen molar-refractivity contribution in [1.82, 2.24) is 14.9 Å². The second-order valence-electron chi connectivity index (χ2n) is 11.6. The molecule has 0 spiro atoms. The van der Waals surface area contributed by atoms with E-state index in [0.29, 0.717) is 42.3 Å². The van der Waals surface area contributed by atoms with Crippen molar-refractivity contribution in [3.05, 3.63) is 95.2 Å². The minimum Gasteiger partial charge on any atom is -0.497 e. The SMILES string of the molecule is COc1ccc(CN(c2ccncn2)S(=O)(=O)c2cc(Cl)c(N[C@H]3CCN(c4cccc(C(F)(F)F)c4)CC3N(C)C)cc2F)c(OC)c1. The van der Waals surface area contributed by atoms with Crippen LogP contribution in [0.3, 0.4) is 0 Å². The summed E-state index contributed by atoms with van der Waals surface area (Å²) in [5.74, 6) is -0.209. The zero-order chi connectivity index (χ0) is 35.5. The maximum Gasteiger partial charge on any atom is 0.416 e. The van der Waals surface area contributed by atoms with Crippen LogP contribution >= 0.6 is 11.6 Å². The maximum atomic E-state index is 15.9. The first kappa shape index (κ1) is 36.0. The number of anilines is 3. The molecule has 0 radical (unpaired) electrons. The van der Waals surface area contributed by atoms with E-state index >= 15 is 4.39 Å². The third-order valence-corrected chi connectivity index (χ3v) is 10.4. The van der Waals surface area contributed by atoms with Crippen LogP contribution in [0.5, 0.6) is 11.5 Å². The monoisotopic (exact) mass is 722 g/mol. The summed E-state index contributed by atoms with van der Waals surface area (Å²) in [5.41, 5.74) is 0.346. The Balaban J connectivity index is 1.42. The molecule has 0 bridgehead atoms. The number of hydrogen-bond acceptors (Lipinski definition) is 9. The van der Waals surface area contributed by atoms with Crippen molar-refractivity contribution in [3.63, 3.8) is 0 Å². The molecule has 262 valence electrons. The molecule has 10 nitrogen and oxygen atoms in total. The van der Waals surface area contributed by atoms with E-state index in [1.807, 2.05) is 23.9 Å². The van der Waals surface area contributed by atoms with E-state index in [1.54, 1.807) is 24.3 Å². The fourth-order valence-electron chi connectivity index (χ4n) is 5.75. The molecule has 1 unspecified atom stereocenters. The average molecular weight is 723 g/mol. The Labute approximate surface area is 287 Å². The van der Waals surface area contributed by atoms with Crippen molar-refractivity contribution in [2.24, 2.45) is 0 Å². The van der Waals surface area contributed by atoms with E-state index in [2.05, 4.69) is 15.3 Å². The lowest BCUT2D eigenvalue weighted by atomic mass is 9.97. The van der Waals surface area contributed by atoms with Crippen LogP contribution in [-0.2, 0) is 22.7 Å². The van der Waals surface area contributed by atoms with Crippen LogP contribution in [0.15, 0.2) is 78.1 Å². The number of alkyl halides is 3. The fraction of sp³-hybridized carbons (Fsp3) is 0.333. The summed E-state index contributed by atoms with van der Waals surface area (Å²) in [6, 6.07) is 13.0. The molecule has 0 saturated carbocycles. The molecule has 1 N–H and O–H groups in total. The number of likely N-dealkylation sites (N-methyl/N-ethyl adjacent to an activating group) is 1. The van der Waals surface area contributed by atoms with Crippen molar-refractivity contribution >= 4 is 38.8 Å². The van der Waals surface area contributed by atoms with Gasteiger partial charge in [0.05, 0.1) is 37.0 Å². The number of piperidine rings is 1. The molecule has 0 aliphatic carbocycles. The third-order valence-electron chi connectivity index (χ3n) is 8.34. The normalized spacial score (nSPS) is 16.8. The largest absolute Gasteiger partial charge is 0.497 e. The van der Waals surface area contributed by atoms with Gasteiger partial charge in [-0.15, -0.1) is 0 Å². The van der Waals surface area contributed by atoms with Crippen molar-refractivity contribution in [2.75, 3.05) is 55.9 Å². The van der Waals surface area contributed by atoms with Crippen molar-refractivity contribution in [1.29, 1.82) is 0 Å². The summed E-state index contributed by atoms with van der Waals surface area (Å²) in [7, 11) is 2.00. The Bertz CT molecular complexity index is 1890. The summed E-state index contributed by atoms with van der Waals surface area (Å²) in [4.78, 5) is 11.1. The Hall–Kier alpha value is -4.34. The standard InChI is InChI=1S/C33H35ClF4N6O4S/c1-42(2)29-19-43(23-7-5-6-22(14-23)33(36,37)38)13-11-27(29)41-28-17-26(35)31(16-25(28)34)49(45,46)44(32-10-12-39-20-40-32)18-21-8-9-24(47-3)15-30(21)48-4/h5-10,12,14-17,20,27,29,41H,11,13,18-19H2,1-4H3/t27-,29?/m0/s1. The number of hydrogen-bond donors (Lipinski definition) is 1. The Kier molecular flexibility index (Phi) is 10.7. The number of nitrogens with one attached hydrogen (secondary N) is 1. The van der Waals surface area contributed by atoms with Crippen LogP contribution in [-0.4, -0.2) is 76.8 Å². The zero-order valence-corrected chi connectivity index (χ0v) is 28.7. The molecule has 4 aromatic rings. The van der Waals surface area contributed by atoms with Gasteiger partial charge in [-0.2, -0.15) is 13.2 Å². The number of aromatic nitrogens is 2. The summed E-state index contributed by atoms with van der Waals surface area (Å²) in [6.45, 7) is 0.526. The number of halogens is 5. The van der Waals surface area contributed by atoms with Crippen LogP contribution in [0.25, 0.3) is 0 Å². The van der Waals surface area contributed by atoms with Crippen LogP contribution in [0.2, 0.25) is 5.02 Å². The van der Waals surface area contributed by atoms with E-state index in [4.69, 9.17) is 21.1 Å². The molecule has 1 aliphatic heterocycles. The zero-order valence-electron chi connectivity index (χ0n) is 27.1. The molecule has 0 amide bonds. The second-order valence-corrected chi connectivity index (χ2v) is 13.8. The highest BCUT2D eigenvalue weighted by Gasteiger charge is 2.35. The van der Waals surface area contributed by atoms with Gasteiger partial charge in [-0.1, -0.05) is 17.7 Å². The topological polar surface area (TPSA) is 100 Å². The van der Waals surface area contributed by atoms with Gasteiger partial charge in [0.25, 0.3) is 10.0 Å². The minimum absolute atomic E-state index is 0.00745. The maximum absolute atomic E-state index is 15.9. The van der Waals surface area contributed by atoms with Gasteiger partial charge in [0, 0.05) is 54.8 Å². The van der Waals surface area contributed by atoms with Gasteiger partial charge in [-0.05, 0) is 63.0 Å². The molecule has 1 fully saturated rings. The molecular weight excluding hydrogens is 688 g/mol. The van der Waals surface area contributed by atoms with Gasteiger partial charge in [-0.25, -0.2) is 27.1 Å². The lowest BCUT2D eigenvalue weighted by Crippen LogP contribution is -2.56. The van der Waals surface area contributed by atoms with Crippen LogP contribution in [0.4, 0.5) is 34.8 Å². The molecule has 16 heteroatoms. The first-order valence-electron chi connectivity index (χ1n) is 15.1. The van der Waals surface area contributed by atoms with Crippen LogP contribution in [0.1, 0.15) is 17.5 Å². The lowest BCUT2D eigenvalue weighted by Gasteiger charge is -2.43. The third kappa shape index (κ3) is 7.94. The van der Waals surface area contributed by atoms with Gasteiger partial charge < -0.3 is 24.6 Å². The predicted molar refractivity (Wildman–Crippen MR) is 180 cm³/mol.